The third-order valence-electron chi connectivity index (χ3n) is 2.47. The third-order valence-corrected chi connectivity index (χ3v) is 3.70. The lowest BCUT2D eigenvalue weighted by Gasteiger charge is -2.17. The molecule has 7 heteroatoms. The van der Waals surface area contributed by atoms with Crippen molar-refractivity contribution in [1.82, 2.24) is 9.97 Å². The fourth-order valence-corrected chi connectivity index (χ4v) is 1.90. The molecular weight excluding hydrogens is 303 g/mol. The first-order valence-corrected chi connectivity index (χ1v) is 6.39. The van der Waals surface area contributed by atoms with Crippen LogP contribution in [-0.2, 0) is 0 Å². The molecule has 2 rings (SSSR count). The van der Waals surface area contributed by atoms with Gasteiger partial charge in [0.05, 0.1) is 16.5 Å². The highest BCUT2D eigenvalue weighted by molar-refractivity contribution is 7.80. The van der Waals surface area contributed by atoms with Gasteiger partial charge in [-0.15, -0.1) is 12.6 Å². The van der Waals surface area contributed by atoms with Gasteiger partial charge in [-0.1, -0.05) is 23.2 Å². The first-order valence-electron chi connectivity index (χ1n) is 5.19. The predicted molar refractivity (Wildman–Crippen MR) is 78.5 cm³/mol. The van der Waals surface area contributed by atoms with Gasteiger partial charge in [0.15, 0.2) is 0 Å². The zero-order valence-electron chi connectivity index (χ0n) is 9.80. The normalized spacial score (nSPS) is 10.1. The van der Waals surface area contributed by atoms with E-state index >= 15 is 0 Å². The van der Waals surface area contributed by atoms with E-state index in [0.717, 1.165) is 5.69 Å². The fourth-order valence-electron chi connectivity index (χ4n) is 1.42. The standard InChI is InChI=1S/C12H8Cl2N4S/c1-18(8-4-2-7(6-15)3-5-8)12-16-10(13)9(19)11(14)17-12/h2-5,19H,1H3. The Morgan fingerprint density at radius 1 is 1.16 bits per heavy atom. The van der Waals surface area contributed by atoms with Crippen molar-refractivity contribution in [2.24, 2.45) is 0 Å². The van der Waals surface area contributed by atoms with Crippen LogP contribution in [0.5, 0.6) is 0 Å². The summed E-state index contributed by atoms with van der Waals surface area (Å²) in [5.74, 6) is 0.359. The maximum absolute atomic E-state index is 8.76. The number of thiol groups is 1. The van der Waals surface area contributed by atoms with Gasteiger partial charge in [0.2, 0.25) is 5.95 Å². The molecule has 19 heavy (non-hydrogen) atoms. The lowest BCUT2D eigenvalue weighted by molar-refractivity contribution is 1.01. The van der Waals surface area contributed by atoms with E-state index < -0.39 is 0 Å². The van der Waals surface area contributed by atoms with Gasteiger partial charge in [-0.2, -0.15) is 15.2 Å². The SMILES string of the molecule is CN(c1ccc(C#N)cc1)c1nc(Cl)c(S)c(Cl)n1. The highest BCUT2D eigenvalue weighted by Gasteiger charge is 2.13. The van der Waals surface area contributed by atoms with E-state index in [0.29, 0.717) is 16.4 Å². The van der Waals surface area contributed by atoms with E-state index in [9.17, 15) is 0 Å². The molecule has 1 aromatic carbocycles. The minimum atomic E-state index is 0.193. The molecule has 0 spiro atoms. The minimum absolute atomic E-state index is 0.193. The van der Waals surface area contributed by atoms with Gasteiger partial charge in [0.1, 0.15) is 10.3 Å². The molecule has 96 valence electrons. The Hall–Kier alpha value is -1.48. The van der Waals surface area contributed by atoms with Crippen LogP contribution in [0.2, 0.25) is 10.3 Å². The second kappa shape index (κ2) is 5.66. The first-order chi connectivity index (χ1) is 9.02. The zero-order valence-corrected chi connectivity index (χ0v) is 12.2. The van der Waals surface area contributed by atoms with Crippen LogP contribution in [0.25, 0.3) is 0 Å². The van der Waals surface area contributed by atoms with Gasteiger partial charge < -0.3 is 4.90 Å². The van der Waals surface area contributed by atoms with E-state index in [-0.39, 0.29) is 10.3 Å². The second-order valence-electron chi connectivity index (χ2n) is 3.67. The van der Waals surface area contributed by atoms with Crippen molar-refractivity contribution in [1.29, 1.82) is 5.26 Å². The Morgan fingerprint density at radius 3 is 2.16 bits per heavy atom. The number of hydrogen-bond donors (Lipinski definition) is 1. The van der Waals surface area contributed by atoms with Crippen molar-refractivity contribution in [3.05, 3.63) is 40.1 Å². The third kappa shape index (κ3) is 2.92. The van der Waals surface area contributed by atoms with Crippen LogP contribution in [0.3, 0.4) is 0 Å². The molecular formula is C12H8Cl2N4S. The second-order valence-corrected chi connectivity index (χ2v) is 4.83. The number of aromatic nitrogens is 2. The summed E-state index contributed by atoms with van der Waals surface area (Å²) >= 11 is 15.9. The number of halogens is 2. The van der Waals surface area contributed by atoms with Crippen LogP contribution < -0.4 is 4.90 Å². The van der Waals surface area contributed by atoms with Crippen LogP contribution in [0.4, 0.5) is 11.6 Å². The fraction of sp³-hybridized carbons (Fsp3) is 0.0833. The Labute approximate surface area is 126 Å². The summed E-state index contributed by atoms with van der Waals surface area (Å²) < 4.78 is 0. The number of benzene rings is 1. The Morgan fingerprint density at radius 2 is 1.68 bits per heavy atom. The first kappa shape index (κ1) is 13.9. The molecule has 0 fully saturated rings. The van der Waals surface area contributed by atoms with Gasteiger partial charge in [-0.05, 0) is 24.3 Å². The van der Waals surface area contributed by atoms with E-state index in [1.807, 2.05) is 0 Å². The molecule has 0 N–H and O–H groups in total. The Balaban J connectivity index is 2.38. The average Bonchev–Trinajstić information content (AvgIpc) is 2.43. The van der Waals surface area contributed by atoms with Gasteiger partial charge in [0, 0.05) is 12.7 Å². The molecule has 0 atom stereocenters. The quantitative estimate of drug-likeness (QED) is 0.678. The summed E-state index contributed by atoms with van der Waals surface area (Å²) in [6.07, 6.45) is 0. The molecule has 0 amide bonds. The summed E-state index contributed by atoms with van der Waals surface area (Å²) in [6.45, 7) is 0. The maximum atomic E-state index is 8.76. The molecule has 0 radical (unpaired) electrons. The van der Waals surface area contributed by atoms with Gasteiger partial charge >= 0.3 is 0 Å². The monoisotopic (exact) mass is 310 g/mol. The molecule has 0 unspecified atom stereocenters. The van der Waals surface area contributed by atoms with E-state index in [1.165, 1.54) is 0 Å². The van der Waals surface area contributed by atoms with Crippen LogP contribution in [0.15, 0.2) is 29.2 Å². The smallest absolute Gasteiger partial charge is 0.232 e. The van der Waals surface area contributed by atoms with Crippen molar-refractivity contribution in [3.8, 4) is 6.07 Å². The van der Waals surface area contributed by atoms with Gasteiger partial charge in [0.25, 0.3) is 0 Å². The molecule has 0 aliphatic heterocycles. The van der Waals surface area contributed by atoms with Crippen LogP contribution in [0.1, 0.15) is 5.56 Å². The van der Waals surface area contributed by atoms with Gasteiger partial charge in [-0.25, -0.2) is 0 Å². The number of nitriles is 1. The molecule has 4 nitrogen and oxygen atoms in total. The number of anilines is 2. The summed E-state index contributed by atoms with van der Waals surface area (Å²) in [6, 6.07) is 9.06. The molecule has 0 saturated carbocycles. The molecule has 1 heterocycles. The summed E-state index contributed by atoms with van der Waals surface area (Å²) in [5.41, 5.74) is 1.40. The van der Waals surface area contributed by atoms with Crippen LogP contribution in [0, 0.1) is 11.3 Å². The summed E-state index contributed by atoms with van der Waals surface area (Å²) in [4.78, 5) is 10.3. The molecule has 0 aliphatic carbocycles. The van der Waals surface area contributed by atoms with Crippen molar-refractivity contribution in [2.45, 2.75) is 4.90 Å². The van der Waals surface area contributed by atoms with Crippen molar-refractivity contribution in [3.63, 3.8) is 0 Å². The highest BCUT2D eigenvalue weighted by atomic mass is 35.5. The summed E-state index contributed by atoms with van der Waals surface area (Å²) in [5, 5.41) is 9.14. The van der Waals surface area contributed by atoms with Crippen molar-refractivity contribution >= 4 is 47.5 Å². The van der Waals surface area contributed by atoms with Crippen molar-refractivity contribution in [2.75, 3.05) is 11.9 Å². The van der Waals surface area contributed by atoms with Crippen LogP contribution in [-0.4, -0.2) is 17.0 Å². The molecule has 2 aromatic rings. The number of rotatable bonds is 2. The highest BCUT2D eigenvalue weighted by Crippen LogP contribution is 2.29. The Kier molecular flexibility index (Phi) is 4.15. The number of nitrogens with zero attached hydrogens (tertiary/aromatic N) is 4. The van der Waals surface area contributed by atoms with Crippen molar-refractivity contribution < 1.29 is 0 Å². The average molecular weight is 311 g/mol. The molecule has 1 aromatic heterocycles. The molecule has 0 saturated heterocycles. The molecule has 0 bridgehead atoms. The van der Waals surface area contributed by atoms with E-state index in [1.54, 1.807) is 36.2 Å². The minimum Gasteiger partial charge on any atom is -0.314 e. The van der Waals surface area contributed by atoms with Gasteiger partial charge in [-0.3, -0.25) is 0 Å². The maximum Gasteiger partial charge on any atom is 0.232 e. The Bertz CT molecular complexity index is 629. The lowest BCUT2D eigenvalue weighted by atomic mass is 10.2. The predicted octanol–water partition coefficient (Wildman–Crippen LogP) is 3.71. The summed E-state index contributed by atoms with van der Waals surface area (Å²) in [7, 11) is 1.78. The number of hydrogen-bond acceptors (Lipinski definition) is 5. The zero-order chi connectivity index (χ0) is 14.0. The van der Waals surface area contributed by atoms with E-state index in [4.69, 9.17) is 28.5 Å². The molecule has 0 aliphatic rings. The lowest BCUT2D eigenvalue weighted by Crippen LogP contribution is -2.13. The topological polar surface area (TPSA) is 52.8 Å². The van der Waals surface area contributed by atoms with E-state index in [2.05, 4.69) is 28.7 Å². The van der Waals surface area contributed by atoms with Crippen LogP contribution >= 0.6 is 35.8 Å². The largest absolute Gasteiger partial charge is 0.314 e.